The highest BCUT2D eigenvalue weighted by atomic mass is 127. The monoisotopic (exact) mass is 320 g/mol. The Morgan fingerprint density at radius 3 is 2.57 bits per heavy atom. The summed E-state index contributed by atoms with van der Waals surface area (Å²) < 4.78 is 2.12. The lowest BCUT2D eigenvalue weighted by molar-refractivity contribution is 0.427. The topological polar surface area (TPSA) is 60.7 Å². The maximum absolute atomic E-state index is 9.53. The van der Waals surface area contributed by atoms with Crippen LogP contribution in [0.3, 0.4) is 0 Å². The minimum Gasteiger partial charge on any atom is -0.506 e. The first kappa shape index (κ1) is 10.2. The molecule has 6 heteroatoms. The molecule has 2 aromatic rings. The number of phenolic OH excluding ortho intramolecular Hbond substituents is 1. The number of hydrogen-bond donors (Lipinski definition) is 3. The van der Waals surface area contributed by atoms with Gasteiger partial charge in [0.2, 0.25) is 0 Å². The Labute approximate surface area is 98.3 Å². The van der Waals surface area contributed by atoms with Crippen LogP contribution in [0.2, 0.25) is 0 Å². The average molecular weight is 320 g/mol. The summed E-state index contributed by atoms with van der Waals surface area (Å²) in [6, 6.07) is 5.08. The highest BCUT2D eigenvalue weighted by molar-refractivity contribution is 14.1. The zero-order valence-electron chi connectivity index (χ0n) is 6.94. The smallest absolute Gasteiger partial charge is 0.499 e. The van der Waals surface area contributed by atoms with Gasteiger partial charge in [0.25, 0.3) is 0 Å². The van der Waals surface area contributed by atoms with Gasteiger partial charge in [0.05, 0.1) is 4.70 Å². The van der Waals surface area contributed by atoms with Crippen molar-refractivity contribution in [2.24, 2.45) is 0 Å². The van der Waals surface area contributed by atoms with E-state index < -0.39 is 7.12 Å². The number of hydrogen-bond acceptors (Lipinski definition) is 4. The number of fused-ring (bicyclic) bond motifs is 1. The van der Waals surface area contributed by atoms with Gasteiger partial charge in [-0.05, 0) is 40.8 Å². The molecular weight excluding hydrogens is 314 g/mol. The lowest BCUT2D eigenvalue weighted by atomic mass is 9.89. The predicted molar refractivity (Wildman–Crippen MR) is 66.0 cm³/mol. The van der Waals surface area contributed by atoms with Crippen molar-refractivity contribution in [3.63, 3.8) is 0 Å². The Morgan fingerprint density at radius 1 is 1.29 bits per heavy atom. The second-order valence-electron chi connectivity index (χ2n) is 2.83. The van der Waals surface area contributed by atoms with Gasteiger partial charge >= 0.3 is 7.12 Å². The van der Waals surface area contributed by atoms with E-state index in [9.17, 15) is 5.11 Å². The molecule has 0 spiro atoms. The summed E-state index contributed by atoms with van der Waals surface area (Å²) in [7, 11) is -1.47. The third kappa shape index (κ3) is 1.62. The standard InChI is InChI=1S/C8H6BIO3S/c10-5-1-2-6(11)8-4(5)3-7(14-8)9(12)13/h1-3,11-13H. The summed E-state index contributed by atoms with van der Waals surface area (Å²) in [5.41, 5.74) is 0. The molecule has 0 aliphatic heterocycles. The van der Waals surface area contributed by atoms with E-state index in [1.165, 1.54) is 11.3 Å². The Bertz CT molecular complexity index is 444. The Balaban J connectivity index is 2.75. The minimum absolute atomic E-state index is 0.178. The molecular formula is C8H6BIO3S. The van der Waals surface area contributed by atoms with Crippen LogP contribution in [0.15, 0.2) is 18.2 Å². The van der Waals surface area contributed by atoms with Crippen molar-refractivity contribution < 1.29 is 15.2 Å². The molecule has 0 aliphatic carbocycles. The van der Waals surface area contributed by atoms with Crippen LogP contribution in [0.1, 0.15) is 0 Å². The van der Waals surface area contributed by atoms with Crippen molar-refractivity contribution in [3.05, 3.63) is 21.8 Å². The zero-order valence-corrected chi connectivity index (χ0v) is 9.91. The van der Waals surface area contributed by atoms with E-state index in [0.717, 1.165) is 8.96 Å². The van der Waals surface area contributed by atoms with E-state index in [4.69, 9.17) is 10.0 Å². The van der Waals surface area contributed by atoms with Gasteiger partial charge in [-0.3, -0.25) is 0 Å². The number of aromatic hydroxyl groups is 1. The zero-order chi connectivity index (χ0) is 10.3. The fourth-order valence-corrected chi connectivity index (χ4v) is 2.98. The van der Waals surface area contributed by atoms with Gasteiger partial charge in [-0.1, -0.05) is 0 Å². The van der Waals surface area contributed by atoms with Gasteiger partial charge in [-0.15, -0.1) is 11.3 Å². The molecule has 0 saturated heterocycles. The lowest BCUT2D eigenvalue weighted by Gasteiger charge is -1.95. The molecule has 0 bridgehead atoms. The molecule has 0 radical (unpaired) electrons. The van der Waals surface area contributed by atoms with E-state index in [1.54, 1.807) is 18.2 Å². The maximum Gasteiger partial charge on any atom is 0.499 e. The average Bonchev–Trinajstić information content (AvgIpc) is 2.57. The van der Waals surface area contributed by atoms with Crippen LogP contribution in [0.4, 0.5) is 0 Å². The van der Waals surface area contributed by atoms with Gasteiger partial charge in [0.1, 0.15) is 5.75 Å². The van der Waals surface area contributed by atoms with Crippen LogP contribution in [-0.2, 0) is 0 Å². The van der Waals surface area contributed by atoms with E-state index in [2.05, 4.69) is 22.6 Å². The van der Waals surface area contributed by atoms with E-state index in [1.807, 2.05) is 0 Å². The molecule has 0 atom stereocenters. The third-order valence-corrected chi connectivity index (χ3v) is 4.02. The van der Waals surface area contributed by atoms with Gasteiger partial charge in [-0.2, -0.15) is 0 Å². The molecule has 0 fully saturated rings. The molecule has 3 N–H and O–H groups in total. The molecule has 0 unspecified atom stereocenters. The highest BCUT2D eigenvalue weighted by Crippen LogP contribution is 2.31. The van der Waals surface area contributed by atoms with Gasteiger partial charge in [-0.25, -0.2) is 0 Å². The van der Waals surface area contributed by atoms with Gasteiger partial charge < -0.3 is 15.2 Å². The quantitative estimate of drug-likeness (QED) is 0.540. The van der Waals surface area contributed by atoms with Crippen LogP contribution in [0, 0.1) is 3.57 Å². The first-order valence-electron chi connectivity index (χ1n) is 3.86. The third-order valence-electron chi connectivity index (χ3n) is 1.88. The second-order valence-corrected chi connectivity index (χ2v) is 5.08. The molecule has 1 aromatic heterocycles. The largest absolute Gasteiger partial charge is 0.506 e. The van der Waals surface area contributed by atoms with E-state index in [0.29, 0.717) is 9.48 Å². The SMILES string of the molecule is OB(O)c1cc2c(I)ccc(O)c2s1. The second kappa shape index (κ2) is 3.69. The fourth-order valence-electron chi connectivity index (χ4n) is 1.22. The molecule has 2 rings (SSSR count). The Hall–Kier alpha value is -0.305. The number of halogens is 1. The maximum atomic E-state index is 9.53. The summed E-state index contributed by atoms with van der Waals surface area (Å²) in [4.78, 5) is 0. The number of thiophene rings is 1. The van der Waals surface area contributed by atoms with Crippen molar-refractivity contribution in [2.45, 2.75) is 0 Å². The molecule has 0 aliphatic rings. The molecule has 0 saturated carbocycles. The molecule has 1 heterocycles. The van der Waals surface area contributed by atoms with Crippen LogP contribution in [0.25, 0.3) is 10.1 Å². The van der Waals surface area contributed by atoms with Crippen LogP contribution < -0.4 is 4.78 Å². The summed E-state index contributed by atoms with van der Waals surface area (Å²) in [6.45, 7) is 0. The summed E-state index contributed by atoms with van der Waals surface area (Å²) in [6.07, 6.45) is 0. The molecule has 0 amide bonds. The number of benzene rings is 1. The summed E-state index contributed by atoms with van der Waals surface area (Å²) in [5, 5.41) is 28.4. The predicted octanol–water partition coefficient (Wildman–Crippen LogP) is 0.891. The number of phenols is 1. The van der Waals surface area contributed by atoms with E-state index in [-0.39, 0.29) is 5.75 Å². The van der Waals surface area contributed by atoms with Gasteiger partial charge in [0.15, 0.2) is 0 Å². The van der Waals surface area contributed by atoms with Crippen molar-refractivity contribution in [2.75, 3.05) is 0 Å². The molecule has 14 heavy (non-hydrogen) atoms. The minimum atomic E-state index is -1.47. The fraction of sp³-hybridized carbons (Fsp3) is 0. The normalized spacial score (nSPS) is 10.8. The highest BCUT2D eigenvalue weighted by Gasteiger charge is 2.17. The first-order chi connectivity index (χ1) is 6.59. The molecule has 72 valence electrons. The molecule has 1 aromatic carbocycles. The molecule has 3 nitrogen and oxygen atoms in total. The first-order valence-corrected chi connectivity index (χ1v) is 5.76. The van der Waals surface area contributed by atoms with Crippen LogP contribution in [-0.4, -0.2) is 22.3 Å². The van der Waals surface area contributed by atoms with Crippen LogP contribution >= 0.6 is 33.9 Å². The Kier molecular flexibility index (Phi) is 2.69. The van der Waals surface area contributed by atoms with Crippen LogP contribution in [0.5, 0.6) is 5.75 Å². The van der Waals surface area contributed by atoms with E-state index >= 15 is 0 Å². The van der Waals surface area contributed by atoms with Gasteiger partial charge in [0, 0.05) is 13.7 Å². The van der Waals surface area contributed by atoms with Crippen molar-refractivity contribution in [1.82, 2.24) is 0 Å². The van der Waals surface area contributed by atoms with Crippen molar-refractivity contribution in [1.29, 1.82) is 0 Å². The van der Waals surface area contributed by atoms with Crippen molar-refractivity contribution >= 4 is 55.9 Å². The Morgan fingerprint density at radius 2 is 2.00 bits per heavy atom. The van der Waals surface area contributed by atoms with Crippen molar-refractivity contribution in [3.8, 4) is 5.75 Å². The summed E-state index contributed by atoms with van der Waals surface area (Å²) >= 11 is 3.34. The summed E-state index contributed by atoms with van der Waals surface area (Å²) in [5.74, 6) is 0.178. The lowest BCUT2D eigenvalue weighted by Crippen LogP contribution is -2.26. The number of rotatable bonds is 1.